The van der Waals surface area contributed by atoms with E-state index in [9.17, 15) is 9.59 Å². The maximum Gasteiger partial charge on any atom is 0.262 e. The van der Waals surface area contributed by atoms with E-state index in [1.807, 2.05) is 68.4 Å². The average Bonchev–Trinajstić information content (AvgIpc) is 2.83. The Bertz CT molecular complexity index is 1170. The van der Waals surface area contributed by atoms with Crippen LogP contribution < -0.4 is 15.5 Å². The number of benzene rings is 3. The third-order valence-corrected chi connectivity index (χ3v) is 5.69. The highest BCUT2D eigenvalue weighted by atomic mass is 35.5. The maximum atomic E-state index is 12.7. The van der Waals surface area contributed by atoms with Crippen LogP contribution in [0.15, 0.2) is 77.9 Å². The molecule has 6 nitrogen and oxygen atoms in total. The Hall–Kier alpha value is -3.35. The van der Waals surface area contributed by atoms with Crippen LogP contribution in [0.2, 0.25) is 10.0 Å². The van der Waals surface area contributed by atoms with Crippen LogP contribution in [0.1, 0.15) is 35.3 Å². The Morgan fingerprint density at radius 3 is 2.38 bits per heavy atom. The van der Waals surface area contributed by atoms with Gasteiger partial charge in [-0.15, -0.1) is 0 Å². The molecule has 3 aromatic rings. The minimum absolute atomic E-state index is 0.177. The van der Waals surface area contributed by atoms with Crippen molar-refractivity contribution in [2.24, 2.45) is 11.0 Å². The first-order valence-corrected chi connectivity index (χ1v) is 11.5. The summed E-state index contributed by atoms with van der Waals surface area (Å²) in [7, 11) is 0. The molecule has 2 N–H and O–H groups in total. The standard InChI is InChI=1S/C26H25Cl2N3O3/c1-17(2)24(30-25(32)19-12-13-21(27)22(28)14-19)26(33)31-29-15-20-10-6-7-11-23(20)34-16-18-8-4-3-5-9-18/h3-15,17,24H,16H2,1-2H3,(H,30,32)(H,31,33). The van der Waals surface area contributed by atoms with Gasteiger partial charge in [0.2, 0.25) is 0 Å². The van der Waals surface area contributed by atoms with Crippen molar-refractivity contribution in [1.82, 2.24) is 10.7 Å². The molecule has 3 rings (SSSR count). The number of nitrogens with zero attached hydrogens (tertiary/aromatic N) is 1. The number of hydrogen-bond acceptors (Lipinski definition) is 4. The quantitative estimate of drug-likeness (QED) is 0.303. The normalized spacial score (nSPS) is 11.9. The van der Waals surface area contributed by atoms with Crippen molar-refractivity contribution >= 4 is 41.2 Å². The number of ether oxygens (including phenoxy) is 1. The van der Waals surface area contributed by atoms with E-state index >= 15 is 0 Å². The fraction of sp³-hybridized carbons (Fsp3) is 0.192. The maximum absolute atomic E-state index is 12.7. The molecule has 1 atom stereocenters. The minimum Gasteiger partial charge on any atom is -0.488 e. The van der Waals surface area contributed by atoms with Crippen molar-refractivity contribution in [3.05, 3.63) is 99.5 Å². The van der Waals surface area contributed by atoms with Crippen molar-refractivity contribution in [2.45, 2.75) is 26.5 Å². The van der Waals surface area contributed by atoms with Gasteiger partial charge < -0.3 is 10.1 Å². The van der Waals surface area contributed by atoms with Crippen molar-refractivity contribution < 1.29 is 14.3 Å². The van der Waals surface area contributed by atoms with Gasteiger partial charge in [0.25, 0.3) is 11.8 Å². The molecule has 0 fully saturated rings. The molecule has 8 heteroatoms. The van der Waals surface area contributed by atoms with Crippen molar-refractivity contribution in [2.75, 3.05) is 0 Å². The molecule has 0 saturated heterocycles. The van der Waals surface area contributed by atoms with Gasteiger partial charge in [-0.05, 0) is 41.8 Å². The summed E-state index contributed by atoms with van der Waals surface area (Å²) in [5, 5.41) is 7.41. The Morgan fingerprint density at radius 1 is 0.971 bits per heavy atom. The molecule has 0 radical (unpaired) electrons. The molecule has 0 aliphatic heterocycles. The lowest BCUT2D eigenvalue weighted by Gasteiger charge is -2.20. The van der Waals surface area contributed by atoms with Crippen LogP contribution >= 0.6 is 23.2 Å². The Balaban J connectivity index is 1.63. The Labute approximate surface area is 208 Å². The number of hydrazone groups is 1. The third kappa shape index (κ3) is 7.07. The topological polar surface area (TPSA) is 79.8 Å². The van der Waals surface area contributed by atoms with Crippen LogP contribution in [-0.4, -0.2) is 24.1 Å². The van der Waals surface area contributed by atoms with Crippen LogP contribution in [0.25, 0.3) is 0 Å². The number of nitrogens with one attached hydrogen (secondary N) is 2. The van der Waals surface area contributed by atoms with Crippen molar-refractivity contribution in [1.29, 1.82) is 0 Å². The second-order valence-electron chi connectivity index (χ2n) is 7.87. The smallest absolute Gasteiger partial charge is 0.262 e. The van der Waals surface area contributed by atoms with E-state index in [4.69, 9.17) is 27.9 Å². The van der Waals surface area contributed by atoms with Gasteiger partial charge in [-0.25, -0.2) is 5.43 Å². The van der Waals surface area contributed by atoms with Gasteiger partial charge in [-0.1, -0.05) is 79.5 Å². The van der Waals surface area contributed by atoms with E-state index < -0.39 is 17.9 Å². The molecule has 0 bridgehead atoms. The molecular formula is C26H25Cl2N3O3. The summed E-state index contributed by atoms with van der Waals surface area (Å²) in [6.45, 7) is 4.07. The number of halogens is 2. The number of hydrogen-bond donors (Lipinski definition) is 2. The zero-order valence-electron chi connectivity index (χ0n) is 18.8. The molecule has 0 aromatic heterocycles. The van der Waals surface area contributed by atoms with Gasteiger partial charge in [0.15, 0.2) is 0 Å². The van der Waals surface area contributed by atoms with E-state index in [0.29, 0.717) is 28.5 Å². The summed E-state index contributed by atoms with van der Waals surface area (Å²) in [4.78, 5) is 25.3. The number of para-hydroxylation sites is 1. The first-order valence-electron chi connectivity index (χ1n) is 10.7. The van der Waals surface area contributed by atoms with Gasteiger partial charge in [0.1, 0.15) is 18.4 Å². The molecule has 0 aliphatic carbocycles. The lowest BCUT2D eigenvalue weighted by Crippen LogP contribution is -2.48. The molecule has 0 heterocycles. The fourth-order valence-electron chi connectivity index (χ4n) is 3.09. The molecule has 3 aromatic carbocycles. The molecule has 1 unspecified atom stereocenters. The molecular weight excluding hydrogens is 473 g/mol. The van der Waals surface area contributed by atoms with Crippen LogP contribution in [0.4, 0.5) is 0 Å². The molecule has 176 valence electrons. The summed E-state index contributed by atoms with van der Waals surface area (Å²) in [5.41, 5.74) is 4.56. The summed E-state index contributed by atoms with van der Waals surface area (Å²) < 4.78 is 5.90. The van der Waals surface area contributed by atoms with Gasteiger partial charge in [0.05, 0.1) is 16.3 Å². The predicted octanol–water partition coefficient (Wildman–Crippen LogP) is 5.48. The van der Waals surface area contributed by atoms with Gasteiger partial charge >= 0.3 is 0 Å². The molecule has 0 spiro atoms. The first kappa shape index (κ1) is 25.3. The zero-order valence-corrected chi connectivity index (χ0v) is 20.3. The first-order chi connectivity index (χ1) is 16.3. The number of rotatable bonds is 9. The Kier molecular flexibility index (Phi) is 9.08. The highest BCUT2D eigenvalue weighted by Crippen LogP contribution is 2.23. The van der Waals surface area contributed by atoms with Gasteiger partial charge in [-0.3, -0.25) is 9.59 Å². The number of carbonyl (C=O) groups is 2. The van der Waals surface area contributed by atoms with E-state index in [-0.39, 0.29) is 10.9 Å². The largest absolute Gasteiger partial charge is 0.488 e. The highest BCUT2D eigenvalue weighted by Gasteiger charge is 2.24. The number of carbonyl (C=O) groups excluding carboxylic acids is 2. The Morgan fingerprint density at radius 2 is 1.68 bits per heavy atom. The SMILES string of the molecule is CC(C)C(NC(=O)c1ccc(Cl)c(Cl)c1)C(=O)NN=Cc1ccccc1OCc1ccccc1. The lowest BCUT2D eigenvalue weighted by atomic mass is 10.0. The van der Waals surface area contributed by atoms with E-state index in [2.05, 4.69) is 15.8 Å². The van der Waals surface area contributed by atoms with Crippen LogP contribution in [0.3, 0.4) is 0 Å². The summed E-state index contributed by atoms with van der Waals surface area (Å²) in [5.74, 6) is -0.417. The van der Waals surface area contributed by atoms with Crippen molar-refractivity contribution in [3.63, 3.8) is 0 Å². The fourth-order valence-corrected chi connectivity index (χ4v) is 3.38. The van der Waals surface area contributed by atoms with Crippen LogP contribution in [0, 0.1) is 5.92 Å². The second-order valence-corrected chi connectivity index (χ2v) is 8.68. The lowest BCUT2D eigenvalue weighted by molar-refractivity contribution is -0.123. The van der Waals surface area contributed by atoms with Crippen LogP contribution in [0.5, 0.6) is 5.75 Å². The summed E-state index contributed by atoms with van der Waals surface area (Å²) >= 11 is 11.9. The summed E-state index contributed by atoms with van der Waals surface area (Å²) in [6, 6.07) is 20.9. The summed E-state index contributed by atoms with van der Waals surface area (Å²) in [6.07, 6.45) is 1.51. The zero-order chi connectivity index (χ0) is 24.5. The molecule has 0 saturated carbocycles. The van der Waals surface area contributed by atoms with Gasteiger partial charge in [0, 0.05) is 11.1 Å². The van der Waals surface area contributed by atoms with E-state index in [0.717, 1.165) is 5.56 Å². The average molecular weight is 498 g/mol. The molecule has 34 heavy (non-hydrogen) atoms. The highest BCUT2D eigenvalue weighted by molar-refractivity contribution is 6.42. The second kappa shape index (κ2) is 12.2. The van der Waals surface area contributed by atoms with E-state index in [1.54, 1.807) is 6.07 Å². The number of amides is 2. The van der Waals surface area contributed by atoms with Crippen molar-refractivity contribution in [3.8, 4) is 5.75 Å². The third-order valence-electron chi connectivity index (χ3n) is 4.95. The predicted molar refractivity (Wildman–Crippen MR) is 136 cm³/mol. The molecule has 2 amide bonds. The minimum atomic E-state index is -0.802. The monoisotopic (exact) mass is 497 g/mol. The van der Waals surface area contributed by atoms with Crippen LogP contribution in [-0.2, 0) is 11.4 Å². The van der Waals surface area contributed by atoms with E-state index in [1.165, 1.54) is 18.3 Å². The molecule has 0 aliphatic rings. The van der Waals surface area contributed by atoms with Gasteiger partial charge in [-0.2, -0.15) is 5.10 Å².